The first kappa shape index (κ1) is 21.1. The number of hydrogen-bond donors (Lipinski definition) is 0. The molecule has 2 aromatic rings. The first-order valence-corrected chi connectivity index (χ1v) is 11.2. The van der Waals surface area contributed by atoms with E-state index < -0.39 is 11.0 Å². The molecule has 0 N–H and O–H groups in total. The van der Waals surface area contributed by atoms with Crippen LogP contribution in [0, 0.1) is 11.6 Å². The molecule has 2 aliphatic heterocycles. The fourth-order valence-electron chi connectivity index (χ4n) is 5.56. The summed E-state index contributed by atoms with van der Waals surface area (Å²) in [5, 5.41) is 0. The van der Waals surface area contributed by atoms with Crippen LogP contribution in [0.5, 0.6) is 0 Å². The molecule has 1 atom stereocenters. The standard InChI is InChI=1S/C25H26F2N2O3/c26-18-7-9-19(10-8-18)29-17-24(32-15-22(29)30)13-14-28(16-24)23(31)25(11-3-4-12-25)20-5-1-2-6-21(20)27/h1-2,5-10H,3-4,11-17H2/t24-/m1/s1. The quantitative estimate of drug-likeness (QED) is 0.729. The summed E-state index contributed by atoms with van der Waals surface area (Å²) in [4.78, 5) is 29.7. The molecule has 2 saturated heterocycles. The van der Waals surface area contributed by atoms with Crippen LogP contribution in [0.1, 0.15) is 37.7 Å². The molecule has 7 heteroatoms. The Hall–Kier alpha value is -2.80. The van der Waals surface area contributed by atoms with Gasteiger partial charge >= 0.3 is 0 Å². The van der Waals surface area contributed by atoms with Gasteiger partial charge in [0, 0.05) is 17.8 Å². The number of ether oxygens (including phenoxy) is 1. The molecule has 2 aromatic carbocycles. The van der Waals surface area contributed by atoms with Gasteiger partial charge < -0.3 is 14.5 Å². The van der Waals surface area contributed by atoms with E-state index in [-0.39, 0.29) is 30.1 Å². The average molecular weight is 440 g/mol. The highest BCUT2D eigenvalue weighted by Gasteiger charge is 2.52. The summed E-state index contributed by atoms with van der Waals surface area (Å²) in [6, 6.07) is 12.4. The third kappa shape index (κ3) is 3.48. The molecule has 1 saturated carbocycles. The first-order valence-electron chi connectivity index (χ1n) is 11.2. The monoisotopic (exact) mass is 440 g/mol. The van der Waals surface area contributed by atoms with E-state index in [0.717, 1.165) is 12.8 Å². The number of carbonyl (C=O) groups is 2. The number of rotatable bonds is 3. The lowest BCUT2D eigenvalue weighted by Crippen LogP contribution is -2.57. The van der Waals surface area contributed by atoms with Crippen LogP contribution in [0.3, 0.4) is 0 Å². The van der Waals surface area contributed by atoms with Gasteiger partial charge in [-0.15, -0.1) is 0 Å². The third-order valence-electron chi connectivity index (χ3n) is 7.25. The van der Waals surface area contributed by atoms with Crippen molar-refractivity contribution in [2.45, 2.75) is 43.1 Å². The van der Waals surface area contributed by atoms with Crippen molar-refractivity contribution in [2.24, 2.45) is 0 Å². The number of amides is 2. The minimum absolute atomic E-state index is 0.0502. The predicted octanol–water partition coefficient (Wildman–Crippen LogP) is 3.81. The van der Waals surface area contributed by atoms with Gasteiger partial charge in [-0.1, -0.05) is 31.0 Å². The molecule has 5 nitrogen and oxygen atoms in total. The molecule has 0 aromatic heterocycles. The lowest BCUT2D eigenvalue weighted by atomic mass is 9.77. The van der Waals surface area contributed by atoms with Gasteiger partial charge in [-0.05, 0) is 49.6 Å². The lowest BCUT2D eigenvalue weighted by Gasteiger charge is -2.40. The molecule has 0 radical (unpaired) electrons. The lowest BCUT2D eigenvalue weighted by molar-refractivity contribution is -0.142. The van der Waals surface area contributed by atoms with Gasteiger partial charge in [-0.2, -0.15) is 0 Å². The predicted molar refractivity (Wildman–Crippen MR) is 115 cm³/mol. The smallest absolute Gasteiger partial charge is 0.253 e. The third-order valence-corrected chi connectivity index (χ3v) is 7.25. The van der Waals surface area contributed by atoms with Gasteiger partial charge in [0.1, 0.15) is 23.8 Å². The van der Waals surface area contributed by atoms with Crippen molar-refractivity contribution in [1.29, 1.82) is 0 Å². The summed E-state index contributed by atoms with van der Waals surface area (Å²) >= 11 is 0. The second-order valence-electron chi connectivity index (χ2n) is 9.17. The van der Waals surface area contributed by atoms with Crippen LogP contribution in [0.15, 0.2) is 48.5 Å². The number of morpholine rings is 1. The van der Waals surface area contributed by atoms with E-state index in [2.05, 4.69) is 0 Å². The summed E-state index contributed by atoms with van der Waals surface area (Å²) in [6.07, 6.45) is 3.65. The molecule has 1 aliphatic carbocycles. The van der Waals surface area contributed by atoms with Gasteiger partial charge in [-0.25, -0.2) is 8.78 Å². The van der Waals surface area contributed by atoms with E-state index in [1.54, 1.807) is 40.1 Å². The summed E-state index contributed by atoms with van der Waals surface area (Å²) in [5.41, 5.74) is -0.413. The maximum absolute atomic E-state index is 14.7. The molecule has 168 valence electrons. The highest BCUT2D eigenvalue weighted by Crippen LogP contribution is 2.45. The largest absolute Gasteiger partial charge is 0.361 e. The minimum Gasteiger partial charge on any atom is -0.361 e. The minimum atomic E-state index is -0.835. The molecule has 0 unspecified atom stereocenters. The maximum atomic E-state index is 14.7. The van der Waals surface area contributed by atoms with Crippen LogP contribution in [-0.4, -0.2) is 48.6 Å². The van der Waals surface area contributed by atoms with Crippen LogP contribution in [-0.2, 0) is 19.7 Å². The molecule has 0 bridgehead atoms. The van der Waals surface area contributed by atoms with Gasteiger partial charge in [0.2, 0.25) is 5.91 Å². The Labute approximate surface area is 186 Å². The van der Waals surface area contributed by atoms with E-state index in [4.69, 9.17) is 4.74 Å². The van der Waals surface area contributed by atoms with E-state index in [1.165, 1.54) is 18.2 Å². The Balaban J connectivity index is 1.38. The number of carbonyl (C=O) groups excluding carboxylic acids is 2. The molecule has 3 fully saturated rings. The van der Waals surface area contributed by atoms with E-state index in [9.17, 15) is 18.4 Å². The second kappa shape index (κ2) is 7.96. The van der Waals surface area contributed by atoms with Crippen molar-refractivity contribution in [3.8, 4) is 0 Å². The number of benzene rings is 2. The number of likely N-dealkylation sites (tertiary alicyclic amines) is 1. The SMILES string of the molecule is O=C1CO[C@@]2(CCN(C(=O)C3(c4ccccc4F)CCCC3)C2)CN1c1ccc(F)cc1. The molecule has 1 spiro atoms. The van der Waals surface area contributed by atoms with Gasteiger partial charge in [0.25, 0.3) is 5.91 Å². The Morgan fingerprint density at radius 2 is 1.66 bits per heavy atom. The second-order valence-corrected chi connectivity index (χ2v) is 9.17. The van der Waals surface area contributed by atoms with Gasteiger partial charge in [-0.3, -0.25) is 9.59 Å². The molecular weight excluding hydrogens is 414 g/mol. The van der Waals surface area contributed by atoms with E-state index in [1.807, 2.05) is 0 Å². The average Bonchev–Trinajstić information content (AvgIpc) is 3.45. The zero-order valence-electron chi connectivity index (χ0n) is 17.9. The van der Waals surface area contributed by atoms with Crippen molar-refractivity contribution in [2.75, 3.05) is 31.1 Å². The fraction of sp³-hybridized carbons (Fsp3) is 0.440. The van der Waals surface area contributed by atoms with Crippen LogP contribution < -0.4 is 4.90 Å². The zero-order valence-corrected chi connectivity index (χ0v) is 17.9. The van der Waals surface area contributed by atoms with Crippen molar-refractivity contribution in [3.63, 3.8) is 0 Å². The van der Waals surface area contributed by atoms with Crippen molar-refractivity contribution >= 4 is 17.5 Å². The molecule has 2 heterocycles. The first-order chi connectivity index (χ1) is 15.4. The zero-order chi connectivity index (χ0) is 22.3. The maximum Gasteiger partial charge on any atom is 0.253 e. The summed E-state index contributed by atoms with van der Waals surface area (Å²) in [5.74, 6) is -0.938. The molecule has 5 rings (SSSR count). The van der Waals surface area contributed by atoms with Gasteiger partial charge in [0.15, 0.2) is 0 Å². The summed E-state index contributed by atoms with van der Waals surface area (Å²) < 4.78 is 34.1. The molecule has 32 heavy (non-hydrogen) atoms. The number of nitrogens with zero attached hydrogens (tertiary/aromatic N) is 2. The van der Waals surface area contributed by atoms with E-state index in [0.29, 0.717) is 50.1 Å². The topological polar surface area (TPSA) is 49.9 Å². The Kier molecular flexibility index (Phi) is 5.24. The van der Waals surface area contributed by atoms with Crippen LogP contribution >= 0.6 is 0 Å². The number of anilines is 1. The highest BCUT2D eigenvalue weighted by atomic mass is 19.1. The molecular formula is C25H26F2N2O3. The molecule has 2 amide bonds. The van der Waals surface area contributed by atoms with Crippen LogP contribution in [0.25, 0.3) is 0 Å². The summed E-state index contributed by atoms with van der Waals surface area (Å²) in [6.45, 7) is 1.07. The van der Waals surface area contributed by atoms with Crippen LogP contribution in [0.4, 0.5) is 14.5 Å². The van der Waals surface area contributed by atoms with E-state index >= 15 is 0 Å². The fourth-order valence-corrected chi connectivity index (χ4v) is 5.56. The Bertz CT molecular complexity index is 1040. The van der Waals surface area contributed by atoms with Crippen LogP contribution in [0.2, 0.25) is 0 Å². The highest BCUT2D eigenvalue weighted by molar-refractivity contribution is 5.95. The number of hydrogen-bond acceptors (Lipinski definition) is 3. The Morgan fingerprint density at radius 1 is 0.938 bits per heavy atom. The van der Waals surface area contributed by atoms with Gasteiger partial charge in [0.05, 0.1) is 18.5 Å². The normalized spacial score (nSPS) is 25.0. The van der Waals surface area contributed by atoms with Crippen molar-refractivity contribution < 1.29 is 23.1 Å². The van der Waals surface area contributed by atoms with Crippen molar-refractivity contribution in [3.05, 3.63) is 65.7 Å². The summed E-state index contributed by atoms with van der Waals surface area (Å²) in [7, 11) is 0. The van der Waals surface area contributed by atoms with Crippen molar-refractivity contribution in [1.82, 2.24) is 4.90 Å². The Morgan fingerprint density at radius 3 is 2.38 bits per heavy atom. The molecule has 3 aliphatic rings. The number of halogens is 2.